The monoisotopic (exact) mass is 233 g/mol. The normalized spacial score (nSPS) is 10.5. The predicted octanol–water partition coefficient (Wildman–Crippen LogP) is 1.86. The summed E-state index contributed by atoms with van der Waals surface area (Å²) in [6.45, 7) is 6.49. The molecule has 0 aliphatic rings. The van der Waals surface area contributed by atoms with E-state index in [1.807, 2.05) is 12.1 Å². The van der Waals surface area contributed by atoms with Crippen molar-refractivity contribution in [3.05, 3.63) is 29.6 Å². The molecule has 0 atom stereocenters. The summed E-state index contributed by atoms with van der Waals surface area (Å²) in [6.07, 6.45) is 2.63. The maximum absolute atomic E-state index is 8.69. The van der Waals surface area contributed by atoms with Crippen LogP contribution in [0.5, 0.6) is 0 Å². The van der Waals surface area contributed by atoms with E-state index in [9.17, 15) is 0 Å². The first-order valence-corrected chi connectivity index (χ1v) is 5.88. The number of nitriles is 1. The number of nitrogens with zero attached hydrogens (tertiary/aromatic N) is 2. The fourth-order valence-electron chi connectivity index (χ4n) is 1.38. The maximum Gasteiger partial charge on any atom is 0.140 e. The van der Waals surface area contributed by atoms with Crippen LogP contribution in [-0.2, 0) is 11.3 Å². The summed E-state index contributed by atoms with van der Waals surface area (Å²) in [5.41, 5.74) is 1.43. The van der Waals surface area contributed by atoms with Gasteiger partial charge in [-0.05, 0) is 30.7 Å². The predicted molar refractivity (Wildman–Crippen MR) is 66.4 cm³/mol. The zero-order valence-corrected chi connectivity index (χ0v) is 10.4. The molecule has 1 aromatic heterocycles. The molecule has 0 aromatic carbocycles. The zero-order chi connectivity index (χ0) is 12.5. The molecule has 0 saturated heterocycles. The molecular formula is C13H19N3O. The van der Waals surface area contributed by atoms with Crippen LogP contribution in [0.15, 0.2) is 18.3 Å². The first-order chi connectivity index (χ1) is 8.22. The fourth-order valence-corrected chi connectivity index (χ4v) is 1.38. The average molecular weight is 233 g/mol. The van der Waals surface area contributed by atoms with Crippen LogP contribution in [-0.4, -0.2) is 24.2 Å². The summed E-state index contributed by atoms with van der Waals surface area (Å²) < 4.78 is 5.52. The number of hydrogen-bond donors (Lipinski definition) is 1. The van der Waals surface area contributed by atoms with Gasteiger partial charge in [0.2, 0.25) is 0 Å². The van der Waals surface area contributed by atoms with Gasteiger partial charge in [0.05, 0.1) is 6.61 Å². The molecule has 92 valence electrons. The van der Waals surface area contributed by atoms with E-state index in [0.717, 1.165) is 25.1 Å². The Hall–Kier alpha value is -1.44. The fraction of sp³-hybridized carbons (Fsp3) is 0.538. The number of rotatable bonds is 7. The number of aromatic nitrogens is 1. The van der Waals surface area contributed by atoms with Crippen LogP contribution in [0.1, 0.15) is 31.5 Å². The van der Waals surface area contributed by atoms with Gasteiger partial charge in [-0.1, -0.05) is 13.8 Å². The number of pyridine rings is 1. The molecule has 0 unspecified atom stereocenters. The molecule has 4 heteroatoms. The van der Waals surface area contributed by atoms with Gasteiger partial charge >= 0.3 is 0 Å². The van der Waals surface area contributed by atoms with Gasteiger partial charge < -0.3 is 10.1 Å². The van der Waals surface area contributed by atoms with Crippen molar-refractivity contribution in [3.63, 3.8) is 0 Å². The van der Waals surface area contributed by atoms with E-state index < -0.39 is 0 Å². The highest BCUT2D eigenvalue weighted by atomic mass is 16.5. The molecule has 1 N–H and O–H groups in total. The van der Waals surface area contributed by atoms with E-state index in [1.165, 1.54) is 0 Å². The molecule has 0 radical (unpaired) electrons. The number of ether oxygens (including phenoxy) is 1. The van der Waals surface area contributed by atoms with E-state index in [-0.39, 0.29) is 0 Å². The van der Waals surface area contributed by atoms with Crippen LogP contribution < -0.4 is 5.32 Å². The second kappa shape index (κ2) is 7.77. The number of hydrogen-bond acceptors (Lipinski definition) is 4. The lowest BCUT2D eigenvalue weighted by atomic mass is 10.2. The van der Waals surface area contributed by atoms with Crippen molar-refractivity contribution in [1.29, 1.82) is 5.26 Å². The van der Waals surface area contributed by atoms with Gasteiger partial charge in [0.15, 0.2) is 0 Å². The molecule has 0 spiro atoms. The molecule has 1 heterocycles. The van der Waals surface area contributed by atoms with E-state index in [4.69, 9.17) is 10.00 Å². The molecule has 0 fully saturated rings. The van der Waals surface area contributed by atoms with Gasteiger partial charge in [-0.25, -0.2) is 4.98 Å². The van der Waals surface area contributed by atoms with Crippen molar-refractivity contribution < 1.29 is 4.74 Å². The Labute approximate surface area is 103 Å². The van der Waals surface area contributed by atoms with Crippen LogP contribution in [0.2, 0.25) is 0 Å². The summed E-state index contributed by atoms with van der Waals surface area (Å²) >= 11 is 0. The highest BCUT2D eigenvalue weighted by Crippen LogP contribution is 2.02. The lowest BCUT2D eigenvalue weighted by Gasteiger charge is -2.08. The highest BCUT2D eigenvalue weighted by molar-refractivity contribution is 5.24. The summed E-state index contributed by atoms with van der Waals surface area (Å²) in [5.74, 6) is 0. The van der Waals surface area contributed by atoms with E-state index in [0.29, 0.717) is 18.3 Å². The second-order valence-electron chi connectivity index (χ2n) is 4.18. The topological polar surface area (TPSA) is 57.9 Å². The third-order valence-electron chi connectivity index (χ3n) is 2.23. The molecule has 0 amide bonds. The van der Waals surface area contributed by atoms with Crippen LogP contribution >= 0.6 is 0 Å². The van der Waals surface area contributed by atoms with E-state index in [2.05, 4.69) is 24.1 Å². The Balaban J connectivity index is 2.16. The molecule has 17 heavy (non-hydrogen) atoms. The SMILES string of the molecule is CC(C)NCCCOCc1ccnc(C#N)c1. The standard InChI is InChI=1S/C13H19N3O/c1-11(2)15-5-3-7-17-10-12-4-6-16-13(8-12)9-14/h4,6,8,11,15H,3,5,7,10H2,1-2H3. The molecule has 0 bridgehead atoms. The Kier molecular flexibility index (Phi) is 6.23. The summed E-state index contributed by atoms with van der Waals surface area (Å²) in [7, 11) is 0. The third-order valence-corrected chi connectivity index (χ3v) is 2.23. The Morgan fingerprint density at radius 1 is 1.53 bits per heavy atom. The van der Waals surface area contributed by atoms with Crippen molar-refractivity contribution in [3.8, 4) is 6.07 Å². The first-order valence-electron chi connectivity index (χ1n) is 5.88. The van der Waals surface area contributed by atoms with Gasteiger partial charge in [0.25, 0.3) is 0 Å². The van der Waals surface area contributed by atoms with Gasteiger partial charge in [-0.2, -0.15) is 5.26 Å². The van der Waals surface area contributed by atoms with Crippen molar-refractivity contribution >= 4 is 0 Å². The van der Waals surface area contributed by atoms with Gasteiger partial charge in [0, 0.05) is 18.8 Å². The van der Waals surface area contributed by atoms with E-state index >= 15 is 0 Å². The maximum atomic E-state index is 8.69. The lowest BCUT2D eigenvalue weighted by molar-refractivity contribution is 0.118. The van der Waals surface area contributed by atoms with Gasteiger partial charge in [-0.3, -0.25) is 0 Å². The third kappa shape index (κ3) is 6.00. The van der Waals surface area contributed by atoms with Crippen LogP contribution in [0.3, 0.4) is 0 Å². The molecule has 0 aliphatic heterocycles. The quantitative estimate of drug-likeness (QED) is 0.730. The minimum Gasteiger partial charge on any atom is -0.377 e. The molecule has 4 nitrogen and oxygen atoms in total. The largest absolute Gasteiger partial charge is 0.377 e. The Morgan fingerprint density at radius 3 is 3.06 bits per heavy atom. The van der Waals surface area contributed by atoms with Crippen molar-refractivity contribution in [2.75, 3.05) is 13.2 Å². The average Bonchev–Trinajstić information content (AvgIpc) is 2.33. The summed E-state index contributed by atoms with van der Waals surface area (Å²) in [6, 6.07) is 6.16. The molecule has 1 rings (SSSR count). The Morgan fingerprint density at radius 2 is 2.35 bits per heavy atom. The minimum atomic E-state index is 0.438. The van der Waals surface area contributed by atoms with Crippen molar-refractivity contribution in [1.82, 2.24) is 10.3 Å². The molecular weight excluding hydrogens is 214 g/mol. The van der Waals surface area contributed by atoms with E-state index in [1.54, 1.807) is 12.3 Å². The van der Waals surface area contributed by atoms with Gasteiger partial charge in [0.1, 0.15) is 11.8 Å². The minimum absolute atomic E-state index is 0.438. The van der Waals surface area contributed by atoms with Crippen molar-refractivity contribution in [2.45, 2.75) is 32.9 Å². The van der Waals surface area contributed by atoms with Crippen LogP contribution in [0.25, 0.3) is 0 Å². The smallest absolute Gasteiger partial charge is 0.140 e. The molecule has 1 aromatic rings. The first kappa shape index (κ1) is 13.6. The molecule has 0 saturated carbocycles. The summed E-state index contributed by atoms with van der Waals surface area (Å²) in [4.78, 5) is 3.91. The molecule has 0 aliphatic carbocycles. The lowest BCUT2D eigenvalue weighted by Crippen LogP contribution is -2.24. The van der Waals surface area contributed by atoms with Crippen LogP contribution in [0.4, 0.5) is 0 Å². The van der Waals surface area contributed by atoms with Crippen molar-refractivity contribution in [2.24, 2.45) is 0 Å². The van der Waals surface area contributed by atoms with Crippen LogP contribution in [0, 0.1) is 11.3 Å². The highest BCUT2D eigenvalue weighted by Gasteiger charge is 1.97. The summed E-state index contributed by atoms with van der Waals surface area (Å²) in [5, 5.41) is 12.0. The Bertz CT molecular complexity index is 371. The zero-order valence-electron chi connectivity index (χ0n) is 10.4. The second-order valence-corrected chi connectivity index (χ2v) is 4.18. The van der Waals surface area contributed by atoms with Gasteiger partial charge in [-0.15, -0.1) is 0 Å². The number of nitrogens with one attached hydrogen (secondary N) is 1.